The van der Waals surface area contributed by atoms with Gasteiger partial charge in [0, 0.05) is 0 Å². The molecule has 1 rings (SSSR count). The third-order valence-electron chi connectivity index (χ3n) is 1.70. The van der Waals surface area contributed by atoms with Crippen LogP contribution in [-0.4, -0.2) is 11.7 Å². The normalized spacial score (nSPS) is 10.5. The Hall–Kier alpha value is -2.28. The molecule has 1 aromatic carbocycles. The summed E-state index contributed by atoms with van der Waals surface area (Å²) < 4.78 is 5.31. The molecule has 0 bridgehead atoms. The fourth-order valence-corrected chi connectivity index (χ4v) is 1.08. The largest absolute Gasteiger partial charge is 0.501 e. The Morgan fingerprint density at radius 1 is 1.53 bits per heavy atom. The van der Waals surface area contributed by atoms with E-state index in [1.165, 1.54) is 0 Å². The molecular formula is C11H11N2O2+. The first-order valence-electron chi connectivity index (χ1n) is 4.36. The fraction of sp³-hybridized carbons (Fsp3) is 0.0909. The molecule has 4 heteroatoms. The van der Waals surface area contributed by atoms with Crippen molar-refractivity contribution < 1.29 is 9.84 Å². The maximum Gasteiger partial charge on any atom is 0.392 e. The van der Waals surface area contributed by atoms with Crippen LogP contribution in [0.1, 0.15) is 5.56 Å². The van der Waals surface area contributed by atoms with Crippen LogP contribution in [0.2, 0.25) is 0 Å². The van der Waals surface area contributed by atoms with E-state index < -0.39 is 0 Å². The molecule has 0 heterocycles. The topological polar surface area (TPSA) is 57.6 Å². The first-order valence-corrected chi connectivity index (χ1v) is 4.36. The van der Waals surface area contributed by atoms with Crippen LogP contribution >= 0.6 is 0 Å². The molecule has 0 saturated carbocycles. The highest BCUT2D eigenvalue weighted by Gasteiger charge is 2.10. The summed E-state index contributed by atoms with van der Waals surface area (Å²) in [5.74, 6) is 0.354. The summed E-state index contributed by atoms with van der Waals surface area (Å²) in [6.07, 6.45) is 2.55. The lowest BCUT2D eigenvalue weighted by molar-refractivity contribution is 0.359. The lowest BCUT2D eigenvalue weighted by Gasteiger charge is -2.06. The van der Waals surface area contributed by atoms with E-state index in [0.29, 0.717) is 17.9 Å². The summed E-state index contributed by atoms with van der Waals surface area (Å²) in [4.78, 5) is 2.75. The minimum absolute atomic E-state index is 0.155. The summed E-state index contributed by atoms with van der Waals surface area (Å²) in [5, 5.41) is 17.8. The highest BCUT2D eigenvalue weighted by Crippen LogP contribution is 2.24. The van der Waals surface area contributed by atoms with Gasteiger partial charge in [0.15, 0.2) is 4.98 Å². The summed E-state index contributed by atoms with van der Waals surface area (Å²) in [7, 11) is 0. The number of aliphatic hydroxyl groups excluding tert-OH is 1. The third kappa shape index (κ3) is 2.85. The molecule has 0 amide bonds. The van der Waals surface area contributed by atoms with E-state index >= 15 is 0 Å². The van der Waals surface area contributed by atoms with Crippen LogP contribution in [0.25, 0.3) is 10.7 Å². The molecule has 0 spiro atoms. The van der Waals surface area contributed by atoms with Gasteiger partial charge in [-0.25, -0.2) is 0 Å². The van der Waals surface area contributed by atoms with Gasteiger partial charge in [0.1, 0.15) is 12.4 Å². The summed E-state index contributed by atoms with van der Waals surface area (Å²) in [6.45, 7) is 3.87. The van der Waals surface area contributed by atoms with Crippen molar-refractivity contribution in [2.24, 2.45) is 0 Å². The van der Waals surface area contributed by atoms with Crippen LogP contribution in [-0.2, 0) is 0 Å². The molecule has 0 aliphatic heterocycles. The quantitative estimate of drug-likeness (QED) is 0.465. The average molecular weight is 203 g/mol. The summed E-state index contributed by atoms with van der Waals surface area (Å²) >= 11 is 0. The molecule has 0 saturated heterocycles. The standard InChI is InChI=1S/C11H10N2O2/c1-2-7-15-11-6-4-3-5-9(11)10(14)8-13-12/h2-6,8H,1,7H2/p+1/b10-8-. The van der Waals surface area contributed by atoms with Gasteiger partial charge in [0.05, 0.1) is 5.56 Å². The molecule has 0 unspecified atom stereocenters. The Balaban J connectivity index is 3.01. The van der Waals surface area contributed by atoms with Crippen LogP contribution in [0.3, 0.4) is 0 Å². The number of para-hydroxylation sites is 1. The van der Waals surface area contributed by atoms with Crippen molar-refractivity contribution >= 4 is 5.76 Å². The Kier molecular flexibility index (Phi) is 3.92. The van der Waals surface area contributed by atoms with E-state index in [0.717, 1.165) is 6.20 Å². The van der Waals surface area contributed by atoms with Crippen molar-refractivity contribution in [1.29, 1.82) is 5.39 Å². The number of ether oxygens (including phenoxy) is 1. The smallest absolute Gasteiger partial charge is 0.392 e. The van der Waals surface area contributed by atoms with E-state index in [-0.39, 0.29) is 5.76 Å². The highest BCUT2D eigenvalue weighted by molar-refractivity contribution is 5.65. The first-order chi connectivity index (χ1) is 7.29. The lowest BCUT2D eigenvalue weighted by Crippen LogP contribution is -1.96. The summed E-state index contributed by atoms with van der Waals surface area (Å²) in [6, 6.07) is 6.90. The SMILES string of the molecule is C=CCOc1ccccc1/C(O)=C/[N+]#N. The Morgan fingerprint density at radius 3 is 2.93 bits per heavy atom. The number of hydrogen-bond acceptors (Lipinski definition) is 3. The van der Waals surface area contributed by atoms with Crippen molar-refractivity contribution in [2.45, 2.75) is 0 Å². The zero-order valence-corrected chi connectivity index (χ0v) is 8.13. The maximum atomic E-state index is 9.50. The predicted molar refractivity (Wildman–Crippen MR) is 57.8 cm³/mol. The first kappa shape index (κ1) is 10.8. The van der Waals surface area contributed by atoms with Gasteiger partial charge >= 0.3 is 6.20 Å². The third-order valence-corrected chi connectivity index (χ3v) is 1.70. The molecule has 0 fully saturated rings. The number of aliphatic hydroxyl groups is 1. The van der Waals surface area contributed by atoms with Crippen LogP contribution in [0.15, 0.2) is 43.1 Å². The van der Waals surface area contributed by atoms with E-state index in [4.69, 9.17) is 10.1 Å². The highest BCUT2D eigenvalue weighted by atomic mass is 16.5. The molecule has 4 nitrogen and oxygen atoms in total. The molecular weight excluding hydrogens is 192 g/mol. The van der Waals surface area contributed by atoms with Crippen molar-refractivity contribution in [3.63, 3.8) is 0 Å². The Labute approximate surface area is 87.7 Å². The van der Waals surface area contributed by atoms with Crippen LogP contribution in [0.4, 0.5) is 0 Å². The van der Waals surface area contributed by atoms with Crippen molar-refractivity contribution in [3.05, 3.63) is 53.7 Å². The van der Waals surface area contributed by atoms with E-state index in [1.807, 2.05) is 0 Å². The van der Waals surface area contributed by atoms with Crippen LogP contribution in [0.5, 0.6) is 5.75 Å². The van der Waals surface area contributed by atoms with Gasteiger partial charge in [-0.15, -0.1) is 0 Å². The number of diazo groups is 1. The van der Waals surface area contributed by atoms with Crippen LogP contribution in [0, 0.1) is 5.39 Å². The Bertz CT molecular complexity index is 419. The maximum absolute atomic E-state index is 9.50. The molecule has 0 aliphatic rings. The summed E-state index contributed by atoms with van der Waals surface area (Å²) in [5.41, 5.74) is 0.470. The average Bonchev–Trinajstić information content (AvgIpc) is 2.27. The molecule has 76 valence electrons. The number of benzene rings is 1. The van der Waals surface area contributed by atoms with Gasteiger partial charge in [-0.1, -0.05) is 24.8 Å². The minimum atomic E-state index is -0.155. The van der Waals surface area contributed by atoms with E-state index in [9.17, 15) is 5.11 Å². The van der Waals surface area contributed by atoms with Gasteiger partial charge in [-0.3, -0.25) is 0 Å². The second kappa shape index (κ2) is 5.45. The lowest BCUT2D eigenvalue weighted by atomic mass is 10.2. The van der Waals surface area contributed by atoms with Gasteiger partial charge in [-0.05, 0) is 12.1 Å². The zero-order valence-electron chi connectivity index (χ0n) is 8.13. The predicted octanol–water partition coefficient (Wildman–Crippen LogP) is 2.96. The molecule has 15 heavy (non-hydrogen) atoms. The van der Waals surface area contributed by atoms with Crippen LogP contribution < -0.4 is 4.74 Å². The van der Waals surface area contributed by atoms with E-state index in [1.54, 1.807) is 30.3 Å². The van der Waals surface area contributed by atoms with Gasteiger partial charge in [0.2, 0.25) is 11.2 Å². The van der Waals surface area contributed by atoms with Gasteiger partial charge < -0.3 is 9.84 Å². The minimum Gasteiger partial charge on any atom is -0.501 e. The molecule has 0 radical (unpaired) electrons. The molecule has 1 aromatic rings. The second-order valence-electron chi connectivity index (χ2n) is 2.73. The number of nitrogens with zero attached hydrogens (tertiary/aromatic N) is 2. The Morgan fingerprint density at radius 2 is 2.27 bits per heavy atom. The molecule has 0 atom stereocenters. The molecule has 0 aliphatic carbocycles. The number of hydrogen-bond donors (Lipinski definition) is 1. The van der Waals surface area contributed by atoms with Gasteiger partial charge in [0.25, 0.3) is 0 Å². The van der Waals surface area contributed by atoms with Crippen molar-refractivity contribution in [1.82, 2.24) is 0 Å². The monoisotopic (exact) mass is 203 g/mol. The molecule has 0 aromatic heterocycles. The van der Waals surface area contributed by atoms with Crippen molar-refractivity contribution in [2.75, 3.05) is 6.61 Å². The second-order valence-corrected chi connectivity index (χ2v) is 2.73. The number of rotatable bonds is 4. The van der Waals surface area contributed by atoms with Gasteiger partial charge in [-0.2, -0.15) is 0 Å². The zero-order chi connectivity index (χ0) is 11.1. The molecule has 1 N–H and O–H groups in total. The van der Waals surface area contributed by atoms with Crippen molar-refractivity contribution in [3.8, 4) is 5.75 Å². The van der Waals surface area contributed by atoms with E-state index in [2.05, 4.69) is 11.6 Å². The fourth-order valence-electron chi connectivity index (χ4n) is 1.08.